The summed E-state index contributed by atoms with van der Waals surface area (Å²) in [5.41, 5.74) is 0.838. The summed E-state index contributed by atoms with van der Waals surface area (Å²) in [6, 6.07) is -0.985. The Morgan fingerprint density at radius 2 is 1.73 bits per heavy atom. The Morgan fingerprint density at radius 3 is 2.23 bits per heavy atom. The zero-order valence-electron chi connectivity index (χ0n) is 15.1. The molecule has 144 valence electrons. The van der Waals surface area contributed by atoms with Crippen LogP contribution in [0.2, 0.25) is 0 Å². The summed E-state index contributed by atoms with van der Waals surface area (Å²) in [6.07, 6.45) is 0.215. The van der Waals surface area contributed by atoms with Gasteiger partial charge in [-0.1, -0.05) is 0 Å². The number of fused-ring (bicyclic) bond motifs is 1. The Hall–Kier alpha value is -1.52. The third-order valence-corrected chi connectivity index (χ3v) is 7.67. The van der Waals surface area contributed by atoms with Crippen LogP contribution >= 0.6 is 11.3 Å². The highest BCUT2D eigenvalue weighted by molar-refractivity contribution is 7.91. The standard InChI is InChI=1S/C16H23N3O5S2/c1-10-14(25-11(2)17-10)6-15(20)18-4-5-19(16(21)7-24-3)13-9-26(22,23)8-12(13)18/h12-13H,4-9H2,1-3H3/t12-,13+/m1/s1. The first-order chi connectivity index (χ1) is 12.2. The van der Waals surface area contributed by atoms with Gasteiger partial charge < -0.3 is 14.5 Å². The Labute approximate surface area is 157 Å². The molecule has 0 aromatic carbocycles. The Kier molecular flexibility index (Phi) is 5.36. The molecule has 8 nitrogen and oxygen atoms in total. The fourth-order valence-corrected chi connectivity index (χ4v) is 6.66. The maximum Gasteiger partial charge on any atom is 0.248 e. The van der Waals surface area contributed by atoms with Gasteiger partial charge >= 0.3 is 0 Å². The Bertz CT molecular complexity index is 820. The van der Waals surface area contributed by atoms with Crippen LogP contribution in [0.5, 0.6) is 0 Å². The van der Waals surface area contributed by atoms with Gasteiger partial charge in [-0.2, -0.15) is 0 Å². The molecular weight excluding hydrogens is 378 g/mol. The van der Waals surface area contributed by atoms with Crippen molar-refractivity contribution >= 4 is 33.0 Å². The lowest BCUT2D eigenvalue weighted by molar-refractivity contribution is -0.147. The van der Waals surface area contributed by atoms with Gasteiger partial charge in [0.1, 0.15) is 6.61 Å². The molecule has 0 N–H and O–H groups in total. The molecule has 10 heteroatoms. The van der Waals surface area contributed by atoms with E-state index in [2.05, 4.69) is 4.98 Å². The zero-order chi connectivity index (χ0) is 19.1. The van der Waals surface area contributed by atoms with Crippen molar-refractivity contribution in [3.63, 3.8) is 0 Å². The summed E-state index contributed by atoms with van der Waals surface area (Å²) in [4.78, 5) is 33.6. The second kappa shape index (κ2) is 7.24. The predicted molar refractivity (Wildman–Crippen MR) is 96.8 cm³/mol. The quantitative estimate of drug-likeness (QED) is 0.692. The van der Waals surface area contributed by atoms with E-state index in [0.717, 1.165) is 15.6 Å². The van der Waals surface area contributed by atoms with Crippen LogP contribution in [0.3, 0.4) is 0 Å². The third kappa shape index (κ3) is 3.77. The molecule has 2 atom stereocenters. The lowest BCUT2D eigenvalue weighted by Crippen LogP contribution is -2.62. The maximum atomic E-state index is 12.9. The first-order valence-electron chi connectivity index (χ1n) is 8.43. The van der Waals surface area contributed by atoms with E-state index >= 15 is 0 Å². The van der Waals surface area contributed by atoms with E-state index in [1.807, 2.05) is 13.8 Å². The number of hydrogen-bond donors (Lipinski definition) is 0. The van der Waals surface area contributed by atoms with Gasteiger partial charge in [0.2, 0.25) is 11.8 Å². The van der Waals surface area contributed by atoms with Gasteiger partial charge in [-0.25, -0.2) is 13.4 Å². The third-order valence-electron chi connectivity index (χ3n) is 4.90. The molecular formula is C16H23N3O5S2. The Balaban J connectivity index is 1.80. The molecule has 2 aliphatic rings. The van der Waals surface area contributed by atoms with Crippen LogP contribution in [0.1, 0.15) is 15.6 Å². The zero-order valence-corrected chi connectivity index (χ0v) is 16.7. The van der Waals surface area contributed by atoms with Crippen molar-refractivity contribution in [2.45, 2.75) is 32.4 Å². The van der Waals surface area contributed by atoms with E-state index in [0.29, 0.717) is 13.1 Å². The van der Waals surface area contributed by atoms with Gasteiger partial charge in [-0.05, 0) is 13.8 Å². The average molecular weight is 402 g/mol. The first kappa shape index (κ1) is 19.2. The summed E-state index contributed by atoms with van der Waals surface area (Å²) < 4.78 is 29.3. The highest BCUT2D eigenvalue weighted by Gasteiger charge is 2.49. The fraction of sp³-hybridized carbons (Fsp3) is 0.688. The number of carbonyl (C=O) groups is 2. The molecule has 0 unspecified atom stereocenters. The lowest BCUT2D eigenvalue weighted by Gasteiger charge is -2.43. The summed E-state index contributed by atoms with van der Waals surface area (Å²) in [5.74, 6) is -0.542. The number of aryl methyl sites for hydroxylation is 2. The molecule has 2 aliphatic heterocycles. The van der Waals surface area contributed by atoms with Gasteiger partial charge in [-0.3, -0.25) is 9.59 Å². The molecule has 2 fully saturated rings. The highest BCUT2D eigenvalue weighted by Crippen LogP contribution is 2.28. The molecule has 2 amide bonds. The molecule has 3 heterocycles. The number of sulfone groups is 1. The lowest BCUT2D eigenvalue weighted by atomic mass is 10.0. The molecule has 0 spiro atoms. The fourth-order valence-electron chi connectivity index (χ4n) is 3.76. The molecule has 2 saturated heterocycles. The minimum absolute atomic E-state index is 0.0868. The van der Waals surface area contributed by atoms with Gasteiger partial charge in [-0.15, -0.1) is 11.3 Å². The maximum absolute atomic E-state index is 12.9. The number of amides is 2. The number of nitrogens with zero attached hydrogens (tertiary/aromatic N) is 3. The van der Waals surface area contributed by atoms with Crippen LogP contribution in [0, 0.1) is 13.8 Å². The van der Waals surface area contributed by atoms with Crippen molar-refractivity contribution in [1.29, 1.82) is 0 Å². The molecule has 0 radical (unpaired) electrons. The van der Waals surface area contributed by atoms with E-state index < -0.39 is 21.9 Å². The minimum atomic E-state index is -3.29. The number of thiazole rings is 1. The van der Waals surface area contributed by atoms with Crippen LogP contribution in [0.4, 0.5) is 0 Å². The van der Waals surface area contributed by atoms with Gasteiger partial charge in [0.15, 0.2) is 9.84 Å². The van der Waals surface area contributed by atoms with Crippen LogP contribution in [0.25, 0.3) is 0 Å². The summed E-state index contributed by atoms with van der Waals surface area (Å²) in [6.45, 7) is 4.34. The summed E-state index contributed by atoms with van der Waals surface area (Å²) >= 11 is 1.49. The molecule has 1 aromatic rings. The van der Waals surface area contributed by atoms with Crippen molar-refractivity contribution in [3.8, 4) is 0 Å². The second-order valence-electron chi connectivity index (χ2n) is 6.74. The number of hydrogen-bond acceptors (Lipinski definition) is 7. The normalized spacial score (nSPS) is 24.6. The number of piperazine rings is 1. The summed E-state index contributed by atoms with van der Waals surface area (Å²) in [7, 11) is -1.86. The van der Waals surface area contributed by atoms with E-state index in [1.54, 1.807) is 9.80 Å². The van der Waals surface area contributed by atoms with Crippen molar-refractivity contribution in [2.24, 2.45) is 0 Å². The van der Waals surface area contributed by atoms with Crippen LogP contribution in [-0.4, -0.2) is 85.4 Å². The van der Waals surface area contributed by atoms with Crippen LogP contribution in [0.15, 0.2) is 0 Å². The number of aromatic nitrogens is 1. The predicted octanol–water partition coefficient (Wildman–Crippen LogP) is -0.215. The molecule has 0 bridgehead atoms. The average Bonchev–Trinajstić information content (AvgIpc) is 3.03. The van der Waals surface area contributed by atoms with Gasteiger partial charge in [0, 0.05) is 25.1 Å². The smallest absolute Gasteiger partial charge is 0.248 e. The van der Waals surface area contributed by atoms with E-state index in [-0.39, 0.29) is 36.3 Å². The molecule has 0 saturated carbocycles. The van der Waals surface area contributed by atoms with Crippen molar-refractivity contribution in [1.82, 2.24) is 14.8 Å². The van der Waals surface area contributed by atoms with Gasteiger partial charge in [0.05, 0.1) is 40.7 Å². The second-order valence-corrected chi connectivity index (χ2v) is 10.2. The van der Waals surface area contributed by atoms with Gasteiger partial charge in [0.25, 0.3) is 0 Å². The molecule has 0 aliphatic carbocycles. The highest BCUT2D eigenvalue weighted by atomic mass is 32.2. The summed E-state index contributed by atoms with van der Waals surface area (Å²) in [5, 5.41) is 0.904. The first-order valence-corrected chi connectivity index (χ1v) is 11.1. The Morgan fingerprint density at radius 1 is 1.15 bits per heavy atom. The van der Waals surface area contributed by atoms with Crippen LogP contribution < -0.4 is 0 Å². The van der Waals surface area contributed by atoms with Crippen molar-refractivity contribution < 1.29 is 22.7 Å². The van der Waals surface area contributed by atoms with E-state index in [1.165, 1.54) is 18.4 Å². The van der Waals surface area contributed by atoms with Crippen molar-refractivity contribution in [2.75, 3.05) is 38.3 Å². The van der Waals surface area contributed by atoms with E-state index in [4.69, 9.17) is 4.74 Å². The van der Waals surface area contributed by atoms with E-state index in [9.17, 15) is 18.0 Å². The largest absolute Gasteiger partial charge is 0.375 e. The SMILES string of the molecule is COCC(=O)N1CCN(C(=O)Cc2sc(C)nc2C)[C@@H]2CS(=O)(=O)C[C@@H]21. The minimum Gasteiger partial charge on any atom is -0.375 e. The molecule has 3 rings (SSSR count). The number of rotatable bonds is 4. The topological polar surface area (TPSA) is 96.9 Å². The number of ether oxygens (including phenoxy) is 1. The van der Waals surface area contributed by atoms with Crippen LogP contribution in [-0.2, 0) is 30.6 Å². The van der Waals surface area contributed by atoms with Crippen molar-refractivity contribution in [3.05, 3.63) is 15.6 Å². The number of carbonyl (C=O) groups excluding carboxylic acids is 2. The number of methoxy groups -OCH3 is 1. The molecule has 26 heavy (non-hydrogen) atoms. The monoisotopic (exact) mass is 401 g/mol. The molecule has 1 aromatic heterocycles.